The summed E-state index contributed by atoms with van der Waals surface area (Å²) in [6, 6.07) is 23.9. The first-order valence-electron chi connectivity index (χ1n) is 8.25. The number of hydrogen-bond donors (Lipinski definition) is 0. The fraction of sp³-hybridized carbons (Fsp3) is 0.182. The highest BCUT2D eigenvalue weighted by molar-refractivity contribution is 9.10. The molecule has 120 valence electrons. The molecule has 0 saturated carbocycles. The lowest BCUT2D eigenvalue weighted by Crippen LogP contribution is -2.15. The third kappa shape index (κ3) is 2.37. The van der Waals surface area contributed by atoms with Crippen molar-refractivity contribution in [2.45, 2.75) is 26.2 Å². The molecule has 0 bridgehead atoms. The van der Waals surface area contributed by atoms with Crippen LogP contribution in [0.1, 0.15) is 26.3 Å². The van der Waals surface area contributed by atoms with Crippen molar-refractivity contribution in [3.8, 4) is 5.69 Å². The second-order valence-corrected chi connectivity index (χ2v) is 8.20. The Labute approximate surface area is 151 Å². The third-order valence-electron chi connectivity index (χ3n) is 4.59. The summed E-state index contributed by atoms with van der Waals surface area (Å²) in [5.41, 5.74) is 5.21. The van der Waals surface area contributed by atoms with Crippen LogP contribution < -0.4 is 0 Å². The van der Waals surface area contributed by atoms with Gasteiger partial charge in [0.15, 0.2) is 0 Å². The van der Waals surface area contributed by atoms with Crippen LogP contribution in [0.15, 0.2) is 71.2 Å². The average Bonchev–Trinajstić information content (AvgIpc) is 2.88. The highest BCUT2D eigenvalue weighted by Crippen LogP contribution is 2.37. The quantitative estimate of drug-likeness (QED) is 0.342. The number of halogens is 1. The van der Waals surface area contributed by atoms with Gasteiger partial charge in [0, 0.05) is 20.9 Å². The molecule has 0 spiro atoms. The van der Waals surface area contributed by atoms with Gasteiger partial charge in [-0.05, 0) is 41.3 Å². The Bertz CT molecular complexity index is 1050. The molecule has 2 heteroatoms. The second kappa shape index (κ2) is 5.49. The maximum atomic E-state index is 3.62. The van der Waals surface area contributed by atoms with Crippen LogP contribution in [0.2, 0.25) is 0 Å². The maximum Gasteiger partial charge on any atom is 0.0541 e. The van der Waals surface area contributed by atoms with Crippen molar-refractivity contribution in [3.05, 3.63) is 76.8 Å². The van der Waals surface area contributed by atoms with E-state index in [0.29, 0.717) is 0 Å². The predicted octanol–water partition coefficient (Wildman–Crippen LogP) is 6.84. The first kappa shape index (κ1) is 15.5. The molecule has 1 heterocycles. The van der Waals surface area contributed by atoms with Crippen LogP contribution >= 0.6 is 15.9 Å². The van der Waals surface area contributed by atoms with Crippen molar-refractivity contribution in [2.24, 2.45) is 0 Å². The van der Waals surface area contributed by atoms with E-state index in [2.05, 4.69) is 108 Å². The van der Waals surface area contributed by atoms with Crippen molar-refractivity contribution in [1.82, 2.24) is 4.57 Å². The van der Waals surface area contributed by atoms with Gasteiger partial charge in [0.1, 0.15) is 0 Å². The summed E-state index contributed by atoms with van der Waals surface area (Å²) in [7, 11) is 0. The minimum Gasteiger partial charge on any atom is -0.309 e. The number of fused-ring (bicyclic) bond motifs is 3. The van der Waals surface area contributed by atoms with Gasteiger partial charge in [0.05, 0.1) is 11.0 Å². The zero-order chi connectivity index (χ0) is 16.9. The molecule has 0 amide bonds. The van der Waals surface area contributed by atoms with Crippen LogP contribution in [-0.2, 0) is 5.41 Å². The standard InChI is InChI=1S/C22H20BrN/c1-22(2,3)18-9-5-7-11-21(18)24-19-10-6-4-8-16(19)17-14-15(23)12-13-20(17)24/h4-14H,1-3H3. The molecule has 4 rings (SSSR count). The predicted molar refractivity (Wildman–Crippen MR) is 107 cm³/mol. The van der Waals surface area contributed by atoms with Crippen LogP contribution in [0, 0.1) is 0 Å². The molecule has 0 fully saturated rings. The van der Waals surface area contributed by atoms with Gasteiger partial charge < -0.3 is 4.57 Å². The lowest BCUT2D eigenvalue weighted by Gasteiger charge is -2.24. The van der Waals surface area contributed by atoms with E-state index in [1.807, 2.05) is 0 Å². The molecule has 0 aliphatic heterocycles. The first-order valence-corrected chi connectivity index (χ1v) is 9.05. The van der Waals surface area contributed by atoms with Gasteiger partial charge in [-0.1, -0.05) is 73.1 Å². The van der Waals surface area contributed by atoms with Crippen molar-refractivity contribution >= 4 is 37.7 Å². The zero-order valence-electron chi connectivity index (χ0n) is 14.2. The summed E-state index contributed by atoms with van der Waals surface area (Å²) in [5.74, 6) is 0. The van der Waals surface area contributed by atoms with Gasteiger partial charge in [-0.15, -0.1) is 0 Å². The Morgan fingerprint density at radius 1 is 0.750 bits per heavy atom. The number of aromatic nitrogens is 1. The Morgan fingerprint density at radius 2 is 1.42 bits per heavy atom. The summed E-state index contributed by atoms with van der Waals surface area (Å²) >= 11 is 3.62. The van der Waals surface area contributed by atoms with Crippen molar-refractivity contribution in [1.29, 1.82) is 0 Å². The molecule has 4 aromatic rings. The highest BCUT2D eigenvalue weighted by Gasteiger charge is 2.21. The van der Waals surface area contributed by atoms with Crippen LogP contribution in [-0.4, -0.2) is 4.57 Å². The van der Waals surface area contributed by atoms with E-state index in [-0.39, 0.29) is 5.41 Å². The smallest absolute Gasteiger partial charge is 0.0541 e. The molecule has 0 unspecified atom stereocenters. The molecular weight excluding hydrogens is 358 g/mol. The normalized spacial score (nSPS) is 12.2. The fourth-order valence-electron chi connectivity index (χ4n) is 3.51. The van der Waals surface area contributed by atoms with Gasteiger partial charge in [-0.2, -0.15) is 0 Å². The van der Waals surface area contributed by atoms with Gasteiger partial charge in [0.25, 0.3) is 0 Å². The van der Waals surface area contributed by atoms with Gasteiger partial charge >= 0.3 is 0 Å². The van der Waals surface area contributed by atoms with Gasteiger partial charge in [-0.3, -0.25) is 0 Å². The largest absolute Gasteiger partial charge is 0.309 e. The summed E-state index contributed by atoms with van der Waals surface area (Å²) in [6.45, 7) is 6.82. The minimum atomic E-state index is 0.0870. The SMILES string of the molecule is CC(C)(C)c1ccccc1-n1c2ccccc2c2cc(Br)ccc21. The maximum absolute atomic E-state index is 3.62. The molecule has 1 nitrogen and oxygen atoms in total. The van der Waals surface area contributed by atoms with E-state index in [9.17, 15) is 0 Å². The Kier molecular flexibility index (Phi) is 3.54. The molecule has 0 aliphatic rings. The van der Waals surface area contributed by atoms with Crippen molar-refractivity contribution in [3.63, 3.8) is 0 Å². The molecular formula is C22H20BrN. The lowest BCUT2D eigenvalue weighted by molar-refractivity contribution is 0.587. The molecule has 24 heavy (non-hydrogen) atoms. The van der Waals surface area contributed by atoms with E-state index in [0.717, 1.165) is 4.47 Å². The number of nitrogens with zero attached hydrogens (tertiary/aromatic N) is 1. The number of hydrogen-bond acceptors (Lipinski definition) is 0. The van der Waals surface area contributed by atoms with Crippen molar-refractivity contribution in [2.75, 3.05) is 0 Å². The van der Waals surface area contributed by atoms with Gasteiger partial charge in [0.2, 0.25) is 0 Å². The third-order valence-corrected chi connectivity index (χ3v) is 5.08. The van der Waals surface area contributed by atoms with Gasteiger partial charge in [-0.25, -0.2) is 0 Å². The van der Waals surface area contributed by atoms with E-state index in [1.165, 1.54) is 33.1 Å². The zero-order valence-corrected chi connectivity index (χ0v) is 15.8. The monoisotopic (exact) mass is 377 g/mol. The minimum absolute atomic E-state index is 0.0870. The molecule has 0 radical (unpaired) electrons. The van der Waals surface area contributed by atoms with E-state index < -0.39 is 0 Å². The topological polar surface area (TPSA) is 4.93 Å². The summed E-state index contributed by atoms with van der Waals surface area (Å²) in [6.07, 6.45) is 0. The summed E-state index contributed by atoms with van der Waals surface area (Å²) in [5, 5.41) is 2.57. The number of para-hydroxylation sites is 2. The van der Waals surface area contributed by atoms with Crippen LogP contribution in [0.4, 0.5) is 0 Å². The first-order chi connectivity index (χ1) is 11.5. The highest BCUT2D eigenvalue weighted by atomic mass is 79.9. The second-order valence-electron chi connectivity index (χ2n) is 7.28. The Balaban J connectivity index is 2.18. The summed E-state index contributed by atoms with van der Waals surface area (Å²) < 4.78 is 3.51. The van der Waals surface area contributed by atoms with Crippen LogP contribution in [0.3, 0.4) is 0 Å². The number of benzene rings is 3. The fourth-order valence-corrected chi connectivity index (χ4v) is 3.87. The van der Waals surface area contributed by atoms with Crippen molar-refractivity contribution < 1.29 is 0 Å². The Morgan fingerprint density at radius 3 is 2.21 bits per heavy atom. The lowest BCUT2D eigenvalue weighted by atomic mass is 9.85. The van der Waals surface area contributed by atoms with Crippen LogP contribution in [0.5, 0.6) is 0 Å². The molecule has 0 atom stereocenters. The molecule has 1 aromatic heterocycles. The molecule has 3 aromatic carbocycles. The average molecular weight is 378 g/mol. The summed E-state index contributed by atoms with van der Waals surface area (Å²) in [4.78, 5) is 0. The van der Waals surface area contributed by atoms with E-state index in [1.54, 1.807) is 0 Å². The molecule has 0 N–H and O–H groups in total. The van der Waals surface area contributed by atoms with E-state index in [4.69, 9.17) is 0 Å². The Hall–Kier alpha value is -2.06. The van der Waals surface area contributed by atoms with E-state index >= 15 is 0 Å². The van der Waals surface area contributed by atoms with Crippen LogP contribution in [0.25, 0.3) is 27.5 Å². The molecule has 0 aliphatic carbocycles. The number of rotatable bonds is 1. The molecule has 0 saturated heterocycles.